The molecular formula is C17H13F2N3OS. The van der Waals surface area contributed by atoms with E-state index in [1.807, 2.05) is 30.5 Å². The number of thioether (sulfide) groups is 1. The molecule has 24 heavy (non-hydrogen) atoms. The van der Waals surface area contributed by atoms with Crippen LogP contribution in [0, 0.1) is 11.6 Å². The molecule has 0 aliphatic rings. The van der Waals surface area contributed by atoms with Gasteiger partial charge in [0.1, 0.15) is 11.5 Å². The molecule has 4 nitrogen and oxygen atoms in total. The second kappa shape index (κ2) is 6.45. The third kappa shape index (κ3) is 3.03. The molecule has 3 rings (SSSR count). The van der Waals surface area contributed by atoms with E-state index in [9.17, 15) is 13.6 Å². The second-order valence-corrected chi connectivity index (χ2v) is 5.89. The molecule has 2 N–H and O–H groups in total. The summed E-state index contributed by atoms with van der Waals surface area (Å²) in [6, 6.07) is 12.1. The number of primary amides is 1. The first-order chi connectivity index (χ1) is 11.5. The van der Waals surface area contributed by atoms with Crippen LogP contribution in [0.2, 0.25) is 0 Å². The fourth-order valence-electron chi connectivity index (χ4n) is 2.31. The average Bonchev–Trinajstić information content (AvgIpc) is 3.00. The van der Waals surface area contributed by atoms with Crippen molar-refractivity contribution < 1.29 is 13.6 Å². The van der Waals surface area contributed by atoms with E-state index in [1.54, 1.807) is 11.8 Å². The molecule has 0 aliphatic heterocycles. The van der Waals surface area contributed by atoms with Crippen LogP contribution in [0.3, 0.4) is 0 Å². The number of benzene rings is 2. The zero-order chi connectivity index (χ0) is 17.3. The van der Waals surface area contributed by atoms with Crippen molar-refractivity contribution in [3.05, 3.63) is 65.9 Å². The van der Waals surface area contributed by atoms with Crippen molar-refractivity contribution in [3.63, 3.8) is 0 Å². The number of amides is 1. The third-order valence-corrected chi connectivity index (χ3v) is 4.23. The largest absolute Gasteiger partial charge is 0.364 e. The van der Waals surface area contributed by atoms with Crippen LogP contribution >= 0.6 is 11.8 Å². The normalized spacial score (nSPS) is 10.8. The Morgan fingerprint density at radius 3 is 2.42 bits per heavy atom. The first-order valence-corrected chi connectivity index (χ1v) is 8.22. The molecule has 3 aromatic rings. The summed E-state index contributed by atoms with van der Waals surface area (Å²) >= 11 is 1.59. The lowest BCUT2D eigenvalue weighted by Crippen LogP contribution is -2.12. The van der Waals surface area contributed by atoms with E-state index >= 15 is 0 Å². The third-order valence-electron chi connectivity index (χ3n) is 3.49. The van der Waals surface area contributed by atoms with Crippen molar-refractivity contribution >= 4 is 17.7 Å². The van der Waals surface area contributed by atoms with Crippen LogP contribution in [0.25, 0.3) is 16.9 Å². The Morgan fingerprint density at radius 2 is 1.83 bits per heavy atom. The SMILES string of the molecule is CSc1ccc(-c2cc(C(N)=O)nn2-c2ccc(F)cc2F)cc1. The van der Waals surface area contributed by atoms with Gasteiger partial charge in [-0.1, -0.05) is 12.1 Å². The first-order valence-electron chi connectivity index (χ1n) is 6.99. The molecular weight excluding hydrogens is 332 g/mol. The Bertz CT molecular complexity index is 907. The van der Waals surface area contributed by atoms with Crippen LogP contribution < -0.4 is 5.73 Å². The summed E-state index contributed by atoms with van der Waals surface area (Å²) < 4.78 is 28.6. The predicted octanol–water partition coefficient (Wildman–Crippen LogP) is 3.64. The van der Waals surface area contributed by atoms with Gasteiger partial charge in [-0.2, -0.15) is 5.10 Å². The lowest BCUT2D eigenvalue weighted by Gasteiger charge is -2.09. The Labute approximate surface area is 141 Å². The maximum Gasteiger partial charge on any atom is 0.269 e. The van der Waals surface area contributed by atoms with Crippen LogP contribution in [-0.4, -0.2) is 21.9 Å². The van der Waals surface area contributed by atoms with Gasteiger partial charge >= 0.3 is 0 Å². The van der Waals surface area contributed by atoms with Crippen LogP contribution in [0.5, 0.6) is 0 Å². The number of aromatic nitrogens is 2. The molecule has 0 saturated carbocycles. The maximum absolute atomic E-state index is 14.1. The van der Waals surface area contributed by atoms with Crippen molar-refractivity contribution in [1.29, 1.82) is 0 Å². The highest BCUT2D eigenvalue weighted by molar-refractivity contribution is 7.98. The molecule has 0 atom stereocenters. The molecule has 0 fully saturated rings. The van der Waals surface area contributed by atoms with E-state index in [1.165, 1.54) is 16.8 Å². The van der Waals surface area contributed by atoms with E-state index < -0.39 is 17.5 Å². The van der Waals surface area contributed by atoms with Gasteiger partial charge in [0, 0.05) is 16.5 Å². The minimum Gasteiger partial charge on any atom is -0.364 e. The highest BCUT2D eigenvalue weighted by atomic mass is 32.2. The van der Waals surface area contributed by atoms with Crippen LogP contribution in [0.1, 0.15) is 10.5 Å². The number of hydrogen-bond acceptors (Lipinski definition) is 3. The fraction of sp³-hybridized carbons (Fsp3) is 0.0588. The molecule has 122 valence electrons. The molecule has 0 spiro atoms. The number of carbonyl (C=O) groups is 1. The highest BCUT2D eigenvalue weighted by Crippen LogP contribution is 2.27. The summed E-state index contributed by atoms with van der Waals surface area (Å²) in [6.07, 6.45) is 1.96. The zero-order valence-corrected chi connectivity index (χ0v) is 13.5. The van der Waals surface area contributed by atoms with Gasteiger partial charge in [-0.15, -0.1) is 11.8 Å². The smallest absolute Gasteiger partial charge is 0.269 e. The molecule has 0 bridgehead atoms. The predicted molar refractivity (Wildman–Crippen MR) is 89.2 cm³/mol. The Balaban J connectivity index is 2.18. The van der Waals surface area contributed by atoms with Gasteiger partial charge < -0.3 is 5.73 Å². The Morgan fingerprint density at radius 1 is 1.12 bits per heavy atom. The van der Waals surface area contributed by atoms with Crippen molar-refractivity contribution in [3.8, 4) is 16.9 Å². The summed E-state index contributed by atoms with van der Waals surface area (Å²) in [6.45, 7) is 0. The number of nitrogens with two attached hydrogens (primary N) is 1. The molecule has 0 aliphatic carbocycles. The van der Waals surface area contributed by atoms with Gasteiger partial charge in [-0.3, -0.25) is 4.79 Å². The fourth-order valence-corrected chi connectivity index (χ4v) is 2.71. The van der Waals surface area contributed by atoms with Crippen LogP contribution in [-0.2, 0) is 0 Å². The van der Waals surface area contributed by atoms with E-state index in [0.717, 1.165) is 22.6 Å². The molecule has 7 heteroatoms. The van der Waals surface area contributed by atoms with Crippen molar-refractivity contribution in [1.82, 2.24) is 9.78 Å². The lowest BCUT2D eigenvalue weighted by molar-refractivity contribution is 0.0995. The summed E-state index contributed by atoms with van der Waals surface area (Å²) in [4.78, 5) is 12.5. The maximum atomic E-state index is 14.1. The quantitative estimate of drug-likeness (QED) is 0.735. The molecule has 0 radical (unpaired) electrons. The van der Waals surface area contributed by atoms with Gasteiger partial charge in [0.05, 0.1) is 5.69 Å². The molecule has 0 saturated heterocycles. The van der Waals surface area contributed by atoms with Crippen molar-refractivity contribution in [2.75, 3.05) is 6.26 Å². The monoisotopic (exact) mass is 345 g/mol. The Hall–Kier alpha value is -2.67. The first kappa shape index (κ1) is 16.2. The minimum absolute atomic E-state index is 0.00247. The number of halogens is 2. The lowest BCUT2D eigenvalue weighted by atomic mass is 10.1. The zero-order valence-electron chi connectivity index (χ0n) is 12.7. The molecule has 1 aromatic heterocycles. The van der Waals surface area contributed by atoms with E-state index in [4.69, 9.17) is 5.73 Å². The van der Waals surface area contributed by atoms with E-state index in [2.05, 4.69) is 5.10 Å². The molecule has 1 heterocycles. The van der Waals surface area contributed by atoms with Crippen LogP contribution in [0.15, 0.2) is 53.4 Å². The second-order valence-electron chi connectivity index (χ2n) is 5.02. The van der Waals surface area contributed by atoms with Crippen molar-refractivity contribution in [2.45, 2.75) is 4.90 Å². The summed E-state index contributed by atoms with van der Waals surface area (Å²) in [7, 11) is 0. The molecule has 2 aromatic carbocycles. The summed E-state index contributed by atoms with van der Waals surface area (Å²) in [5.41, 5.74) is 6.55. The van der Waals surface area contributed by atoms with Crippen molar-refractivity contribution in [2.24, 2.45) is 5.73 Å². The highest BCUT2D eigenvalue weighted by Gasteiger charge is 2.17. The van der Waals surface area contributed by atoms with E-state index in [-0.39, 0.29) is 11.4 Å². The van der Waals surface area contributed by atoms with Gasteiger partial charge in [-0.25, -0.2) is 13.5 Å². The van der Waals surface area contributed by atoms with Gasteiger partial charge in [0.2, 0.25) is 0 Å². The topological polar surface area (TPSA) is 60.9 Å². The Kier molecular flexibility index (Phi) is 4.35. The number of nitrogens with zero attached hydrogens (tertiary/aromatic N) is 2. The van der Waals surface area contributed by atoms with Gasteiger partial charge in [-0.05, 0) is 36.6 Å². The summed E-state index contributed by atoms with van der Waals surface area (Å²) in [5, 5.41) is 4.06. The van der Waals surface area contributed by atoms with E-state index in [0.29, 0.717) is 5.69 Å². The summed E-state index contributed by atoms with van der Waals surface area (Å²) in [5.74, 6) is -2.20. The van der Waals surface area contributed by atoms with Crippen LogP contribution in [0.4, 0.5) is 8.78 Å². The standard InChI is InChI=1S/C17H13F2N3OS/c1-24-12-5-2-10(3-6-12)16-9-14(17(20)23)21-22(16)15-7-4-11(18)8-13(15)19/h2-9H,1H3,(H2,20,23). The molecule has 1 amide bonds. The number of rotatable bonds is 4. The number of carbonyl (C=O) groups excluding carboxylic acids is 1. The average molecular weight is 345 g/mol. The molecule has 0 unspecified atom stereocenters. The van der Waals surface area contributed by atoms with Gasteiger partial charge in [0.25, 0.3) is 5.91 Å². The number of hydrogen-bond donors (Lipinski definition) is 1. The minimum atomic E-state index is -0.781. The van der Waals surface area contributed by atoms with Gasteiger partial charge in [0.15, 0.2) is 11.5 Å².